The molecule has 11 heteroatoms. The van der Waals surface area contributed by atoms with E-state index in [1.807, 2.05) is 0 Å². The van der Waals surface area contributed by atoms with Crippen LogP contribution in [0.4, 0.5) is 13.2 Å². The minimum atomic E-state index is -4.65. The van der Waals surface area contributed by atoms with Gasteiger partial charge in [-0.15, -0.1) is 0 Å². The van der Waals surface area contributed by atoms with Crippen molar-refractivity contribution in [2.45, 2.75) is 12.6 Å². The van der Waals surface area contributed by atoms with Gasteiger partial charge in [0.05, 0.1) is 13.5 Å². The summed E-state index contributed by atoms with van der Waals surface area (Å²) in [5.74, 6) is -0.645. The van der Waals surface area contributed by atoms with Gasteiger partial charge in [0.25, 0.3) is 0 Å². The van der Waals surface area contributed by atoms with Crippen molar-refractivity contribution in [3.05, 3.63) is 0 Å². The van der Waals surface area contributed by atoms with Gasteiger partial charge in [0.2, 0.25) is 0 Å². The van der Waals surface area contributed by atoms with Crippen LogP contribution < -0.4 is 4.89 Å². The Morgan fingerprint density at radius 3 is 2.39 bits per heavy atom. The number of esters is 1. The highest BCUT2D eigenvalue weighted by atomic mass is 32.2. The Hall–Kier alpha value is -0.910. The maximum absolute atomic E-state index is 11.7. The van der Waals surface area contributed by atoms with Crippen LogP contribution in [-0.2, 0) is 24.6 Å². The van der Waals surface area contributed by atoms with Crippen LogP contribution >= 0.6 is 0 Å². The lowest BCUT2D eigenvalue weighted by atomic mass is 10.4. The third kappa shape index (κ3) is 7.42. The van der Waals surface area contributed by atoms with Gasteiger partial charge in [0, 0.05) is 13.6 Å². The quantitative estimate of drug-likeness (QED) is 0.519. The molecule has 0 rings (SSSR count). The number of carbonyl (C=O) groups is 1. The van der Waals surface area contributed by atoms with E-state index in [0.717, 1.165) is 14.2 Å². The fourth-order valence-corrected chi connectivity index (χ4v) is 1.39. The van der Waals surface area contributed by atoms with Crippen molar-refractivity contribution < 1.29 is 36.0 Å². The minimum Gasteiger partial charge on any atom is -0.469 e. The van der Waals surface area contributed by atoms with E-state index in [-0.39, 0.29) is 13.0 Å². The molecule has 0 aromatic rings. The van der Waals surface area contributed by atoms with E-state index in [9.17, 15) is 26.4 Å². The Kier molecular flexibility index (Phi) is 6.52. The minimum absolute atomic E-state index is 0.229. The third-order valence-corrected chi connectivity index (χ3v) is 3.00. The monoisotopic (exact) mass is 294 g/mol. The second kappa shape index (κ2) is 6.87. The van der Waals surface area contributed by atoms with Gasteiger partial charge < -0.3 is 4.74 Å². The number of rotatable bonds is 7. The number of halogens is 3. The molecule has 0 heterocycles. The molecule has 0 spiro atoms. The molecule has 0 fully saturated rings. The van der Waals surface area contributed by atoms with Gasteiger partial charge in [-0.05, 0) is 0 Å². The molecular weight excluding hydrogens is 281 g/mol. The fraction of sp³-hybridized carbons (Fsp3) is 0.857. The smallest absolute Gasteiger partial charge is 0.413 e. The number of nitrogens with zero attached hydrogens (tertiary/aromatic N) is 1. The molecule has 0 aliphatic heterocycles. The first-order valence-electron chi connectivity index (χ1n) is 4.57. The fourth-order valence-electron chi connectivity index (χ4n) is 0.720. The van der Waals surface area contributed by atoms with Crippen molar-refractivity contribution in [2.75, 3.05) is 27.3 Å². The van der Waals surface area contributed by atoms with Crippen LogP contribution in [0.25, 0.3) is 0 Å². The predicted molar refractivity (Wildman–Crippen MR) is 53.3 cm³/mol. The Bertz CT molecular complexity index is 370. The summed E-state index contributed by atoms with van der Waals surface area (Å²) in [5.41, 5.74) is 0. The number of ether oxygens (including phenoxy) is 1. The molecule has 0 saturated heterocycles. The molecular formula is C7H13F3N2O5S. The van der Waals surface area contributed by atoms with Crippen LogP contribution in [0.5, 0.6) is 0 Å². The molecule has 0 saturated carbocycles. The summed E-state index contributed by atoms with van der Waals surface area (Å²) in [6.45, 7) is -2.01. The first-order valence-corrected chi connectivity index (χ1v) is 6.01. The number of nitrogens with one attached hydrogen (secondary N) is 1. The largest absolute Gasteiger partial charge is 0.469 e. The van der Waals surface area contributed by atoms with Crippen molar-refractivity contribution in [3.63, 3.8) is 0 Å². The first kappa shape index (κ1) is 17.1. The number of hydrogen-bond donors (Lipinski definition) is 1. The topological polar surface area (TPSA) is 84.9 Å². The van der Waals surface area contributed by atoms with E-state index in [1.165, 1.54) is 4.89 Å². The van der Waals surface area contributed by atoms with Crippen molar-refractivity contribution in [3.8, 4) is 0 Å². The molecule has 1 N–H and O–H groups in total. The highest BCUT2D eigenvalue weighted by Crippen LogP contribution is 2.13. The van der Waals surface area contributed by atoms with E-state index < -0.39 is 29.0 Å². The summed E-state index contributed by atoms with van der Waals surface area (Å²) >= 11 is 0. The average molecular weight is 294 g/mol. The summed E-state index contributed by atoms with van der Waals surface area (Å²) in [6, 6.07) is 0. The Morgan fingerprint density at radius 1 is 1.39 bits per heavy atom. The van der Waals surface area contributed by atoms with E-state index in [1.54, 1.807) is 0 Å². The first-order chi connectivity index (χ1) is 8.08. The molecule has 0 aliphatic rings. The summed E-state index contributed by atoms with van der Waals surface area (Å²) < 4.78 is 62.6. The maximum atomic E-state index is 11.7. The second-order valence-corrected chi connectivity index (χ2v) is 4.88. The lowest BCUT2D eigenvalue weighted by molar-refractivity contribution is -0.181. The van der Waals surface area contributed by atoms with Crippen molar-refractivity contribution in [1.82, 2.24) is 9.19 Å². The molecule has 0 bridgehead atoms. The van der Waals surface area contributed by atoms with Crippen LogP contribution in [0.1, 0.15) is 6.42 Å². The van der Waals surface area contributed by atoms with Crippen molar-refractivity contribution in [1.29, 1.82) is 0 Å². The van der Waals surface area contributed by atoms with Gasteiger partial charge in [-0.2, -0.15) is 25.9 Å². The molecule has 18 heavy (non-hydrogen) atoms. The molecule has 0 unspecified atom stereocenters. The summed E-state index contributed by atoms with van der Waals surface area (Å²) in [7, 11) is -2.04. The van der Waals surface area contributed by atoms with Gasteiger partial charge in [0.1, 0.15) is 0 Å². The van der Waals surface area contributed by atoms with Gasteiger partial charge in [-0.3, -0.25) is 9.63 Å². The molecule has 7 nitrogen and oxygen atoms in total. The van der Waals surface area contributed by atoms with Crippen molar-refractivity contribution in [2.24, 2.45) is 0 Å². The average Bonchev–Trinajstić information content (AvgIpc) is 2.22. The highest BCUT2D eigenvalue weighted by molar-refractivity contribution is 7.86. The summed E-state index contributed by atoms with van der Waals surface area (Å²) in [4.78, 5) is 15.8. The van der Waals surface area contributed by atoms with Crippen LogP contribution in [-0.4, -0.2) is 52.2 Å². The van der Waals surface area contributed by atoms with Gasteiger partial charge in [-0.25, -0.2) is 0 Å². The standard InChI is InChI=1S/C7H13F3N2O5S/c1-12(4-3-6(13)16-2)18(14,15)11-17-5-7(8,9)10/h11H,3-5H2,1-2H3. The van der Waals surface area contributed by atoms with Crippen LogP contribution in [0.2, 0.25) is 0 Å². The van der Waals surface area contributed by atoms with Gasteiger partial charge >= 0.3 is 22.4 Å². The zero-order valence-corrected chi connectivity index (χ0v) is 10.5. The Morgan fingerprint density at radius 2 is 1.94 bits per heavy atom. The normalized spacial score (nSPS) is 12.8. The van der Waals surface area contributed by atoms with Gasteiger partial charge in [-0.1, -0.05) is 4.89 Å². The molecule has 0 radical (unpaired) electrons. The number of alkyl halides is 3. The highest BCUT2D eigenvalue weighted by Gasteiger charge is 2.29. The van der Waals surface area contributed by atoms with E-state index in [4.69, 9.17) is 0 Å². The van der Waals surface area contributed by atoms with E-state index >= 15 is 0 Å². The number of carbonyl (C=O) groups excluding carboxylic acids is 1. The Labute approximate surface area is 102 Å². The van der Waals surface area contributed by atoms with E-state index in [0.29, 0.717) is 4.31 Å². The number of methoxy groups -OCH3 is 1. The zero-order valence-electron chi connectivity index (χ0n) is 9.65. The zero-order chi connectivity index (χ0) is 14.4. The summed E-state index contributed by atoms with van der Waals surface area (Å²) in [5, 5.41) is 0. The molecule has 0 amide bonds. The molecule has 0 aliphatic carbocycles. The van der Waals surface area contributed by atoms with E-state index in [2.05, 4.69) is 9.57 Å². The molecule has 0 aromatic carbocycles. The van der Waals surface area contributed by atoms with Crippen LogP contribution in [0.15, 0.2) is 0 Å². The second-order valence-electron chi connectivity index (χ2n) is 3.14. The van der Waals surface area contributed by atoms with Crippen molar-refractivity contribution >= 4 is 16.2 Å². The number of hydrogen-bond acceptors (Lipinski definition) is 5. The predicted octanol–water partition coefficient (Wildman–Crippen LogP) is -0.190. The van der Waals surface area contributed by atoms with Gasteiger partial charge in [0.15, 0.2) is 6.61 Å². The Balaban J connectivity index is 4.16. The molecule has 0 atom stereocenters. The molecule has 108 valence electrons. The lowest BCUT2D eigenvalue weighted by Crippen LogP contribution is -2.40. The maximum Gasteiger partial charge on any atom is 0.413 e. The molecule has 0 aromatic heterocycles. The summed E-state index contributed by atoms with van der Waals surface area (Å²) in [6.07, 6.45) is -4.87. The van der Waals surface area contributed by atoms with Crippen LogP contribution in [0.3, 0.4) is 0 Å². The van der Waals surface area contributed by atoms with Crippen LogP contribution in [0, 0.1) is 0 Å². The third-order valence-electron chi connectivity index (χ3n) is 1.67. The lowest BCUT2D eigenvalue weighted by Gasteiger charge is -2.17. The SMILES string of the molecule is COC(=O)CCN(C)S(=O)(=O)NOCC(F)(F)F.